The number of phenolic OH excluding ortho intramolecular Hbond substituents is 1. The third kappa shape index (κ3) is 4.30. The van der Waals surface area contributed by atoms with Crippen molar-refractivity contribution in [1.29, 1.82) is 0 Å². The van der Waals surface area contributed by atoms with Crippen molar-refractivity contribution in [3.63, 3.8) is 0 Å². The average Bonchev–Trinajstić information content (AvgIpc) is 3.32. The van der Waals surface area contributed by atoms with Gasteiger partial charge in [-0.2, -0.15) is 0 Å². The zero-order chi connectivity index (χ0) is 14.5. The van der Waals surface area contributed by atoms with E-state index >= 15 is 0 Å². The van der Waals surface area contributed by atoms with Crippen LogP contribution in [-0.2, 0) is 13.0 Å². The molecular formula is C18H22N2O. The molecule has 0 bridgehead atoms. The van der Waals surface area contributed by atoms with Crippen LogP contribution in [0.5, 0.6) is 5.75 Å². The third-order valence-electron chi connectivity index (χ3n) is 3.99. The van der Waals surface area contributed by atoms with Gasteiger partial charge in [0.15, 0.2) is 0 Å². The molecule has 110 valence electrons. The highest BCUT2D eigenvalue weighted by Crippen LogP contribution is 2.29. The standard InChI is InChI=1S/C18H22N2O/c21-18-7-1-4-16(12-18)14-20(17-8-9-17)11-3-6-15-5-2-10-19-13-15/h1-2,4-5,7,10,12-13,17,21H,3,6,8-9,11,14H2. The Morgan fingerprint density at radius 3 is 2.71 bits per heavy atom. The van der Waals surface area contributed by atoms with E-state index in [1.165, 1.54) is 24.0 Å². The number of phenols is 1. The van der Waals surface area contributed by atoms with Gasteiger partial charge in [-0.3, -0.25) is 9.88 Å². The maximum absolute atomic E-state index is 9.58. The zero-order valence-electron chi connectivity index (χ0n) is 12.3. The summed E-state index contributed by atoms with van der Waals surface area (Å²) < 4.78 is 0. The minimum absolute atomic E-state index is 0.360. The van der Waals surface area contributed by atoms with E-state index in [0.717, 1.165) is 32.0 Å². The number of aromatic nitrogens is 1. The number of hydrogen-bond acceptors (Lipinski definition) is 3. The van der Waals surface area contributed by atoms with Gasteiger partial charge in [-0.05, 0) is 61.6 Å². The number of benzene rings is 1. The van der Waals surface area contributed by atoms with Crippen molar-refractivity contribution in [3.05, 3.63) is 59.9 Å². The van der Waals surface area contributed by atoms with E-state index in [1.54, 1.807) is 6.07 Å². The molecule has 0 spiro atoms. The van der Waals surface area contributed by atoms with E-state index in [0.29, 0.717) is 5.75 Å². The van der Waals surface area contributed by atoms with Crippen LogP contribution in [0.3, 0.4) is 0 Å². The predicted molar refractivity (Wildman–Crippen MR) is 84.1 cm³/mol. The SMILES string of the molecule is Oc1cccc(CN(CCCc2cccnc2)C2CC2)c1. The summed E-state index contributed by atoms with van der Waals surface area (Å²) in [6.45, 7) is 2.04. The largest absolute Gasteiger partial charge is 0.508 e. The lowest BCUT2D eigenvalue weighted by atomic mass is 10.1. The fraction of sp³-hybridized carbons (Fsp3) is 0.389. The van der Waals surface area contributed by atoms with Crippen molar-refractivity contribution in [2.24, 2.45) is 0 Å². The van der Waals surface area contributed by atoms with Crippen LogP contribution in [0.1, 0.15) is 30.4 Å². The van der Waals surface area contributed by atoms with Gasteiger partial charge in [0.2, 0.25) is 0 Å². The Labute approximate surface area is 126 Å². The van der Waals surface area contributed by atoms with Crippen molar-refractivity contribution >= 4 is 0 Å². The Morgan fingerprint density at radius 2 is 2.00 bits per heavy atom. The fourth-order valence-corrected chi connectivity index (χ4v) is 2.75. The maximum atomic E-state index is 9.58. The Kier molecular flexibility index (Phi) is 4.51. The van der Waals surface area contributed by atoms with Gasteiger partial charge in [0.25, 0.3) is 0 Å². The Bertz CT molecular complexity index is 566. The second-order valence-corrected chi connectivity index (χ2v) is 5.84. The van der Waals surface area contributed by atoms with Gasteiger partial charge in [0, 0.05) is 25.0 Å². The van der Waals surface area contributed by atoms with Crippen molar-refractivity contribution in [1.82, 2.24) is 9.88 Å². The van der Waals surface area contributed by atoms with Crippen LogP contribution < -0.4 is 0 Å². The quantitative estimate of drug-likeness (QED) is 0.845. The molecule has 0 aliphatic heterocycles. The fourth-order valence-electron chi connectivity index (χ4n) is 2.75. The number of pyridine rings is 1. The first-order valence-electron chi connectivity index (χ1n) is 7.72. The Morgan fingerprint density at radius 1 is 1.14 bits per heavy atom. The molecule has 3 heteroatoms. The molecule has 0 saturated heterocycles. The summed E-state index contributed by atoms with van der Waals surface area (Å²) in [5.41, 5.74) is 2.51. The minimum atomic E-state index is 0.360. The molecule has 0 radical (unpaired) electrons. The van der Waals surface area contributed by atoms with E-state index in [4.69, 9.17) is 0 Å². The second kappa shape index (κ2) is 6.72. The van der Waals surface area contributed by atoms with Crippen LogP contribution in [0.4, 0.5) is 0 Å². The average molecular weight is 282 g/mol. The van der Waals surface area contributed by atoms with Crippen molar-refractivity contribution < 1.29 is 5.11 Å². The van der Waals surface area contributed by atoms with Gasteiger partial charge in [0.05, 0.1) is 0 Å². The second-order valence-electron chi connectivity index (χ2n) is 5.84. The molecule has 2 aromatic rings. The van der Waals surface area contributed by atoms with E-state index in [-0.39, 0.29) is 0 Å². The summed E-state index contributed by atoms with van der Waals surface area (Å²) in [5, 5.41) is 9.58. The minimum Gasteiger partial charge on any atom is -0.508 e. The van der Waals surface area contributed by atoms with Gasteiger partial charge in [-0.15, -0.1) is 0 Å². The Hall–Kier alpha value is -1.87. The van der Waals surface area contributed by atoms with Gasteiger partial charge < -0.3 is 5.11 Å². The molecule has 1 N–H and O–H groups in total. The third-order valence-corrected chi connectivity index (χ3v) is 3.99. The van der Waals surface area contributed by atoms with Crippen LogP contribution in [0, 0.1) is 0 Å². The molecule has 21 heavy (non-hydrogen) atoms. The normalized spacial score (nSPS) is 14.5. The lowest BCUT2D eigenvalue weighted by molar-refractivity contribution is 0.251. The number of aryl methyl sites for hydroxylation is 1. The van der Waals surface area contributed by atoms with Crippen molar-refractivity contribution in [2.45, 2.75) is 38.3 Å². The molecular weight excluding hydrogens is 260 g/mol. The summed E-state index contributed by atoms with van der Waals surface area (Å²) in [7, 11) is 0. The summed E-state index contributed by atoms with van der Waals surface area (Å²) in [6, 6.07) is 12.5. The lowest BCUT2D eigenvalue weighted by Gasteiger charge is -2.22. The number of nitrogens with zero attached hydrogens (tertiary/aromatic N) is 2. The van der Waals surface area contributed by atoms with Gasteiger partial charge >= 0.3 is 0 Å². The topological polar surface area (TPSA) is 36.4 Å². The first-order chi connectivity index (χ1) is 10.3. The molecule has 1 fully saturated rings. The summed E-state index contributed by atoms with van der Waals surface area (Å²) in [6.07, 6.45) is 8.63. The van der Waals surface area contributed by atoms with Crippen LogP contribution in [-0.4, -0.2) is 27.6 Å². The van der Waals surface area contributed by atoms with E-state index in [2.05, 4.69) is 22.0 Å². The van der Waals surface area contributed by atoms with Gasteiger partial charge in [-0.1, -0.05) is 18.2 Å². The molecule has 0 atom stereocenters. The molecule has 0 amide bonds. The van der Waals surface area contributed by atoms with Crippen LogP contribution in [0.15, 0.2) is 48.8 Å². The van der Waals surface area contributed by atoms with Crippen LogP contribution in [0.25, 0.3) is 0 Å². The van der Waals surface area contributed by atoms with E-state index in [9.17, 15) is 5.11 Å². The maximum Gasteiger partial charge on any atom is 0.115 e. The highest BCUT2D eigenvalue weighted by molar-refractivity contribution is 5.27. The summed E-state index contributed by atoms with van der Waals surface area (Å²) in [5.74, 6) is 0.360. The number of rotatable bonds is 7. The monoisotopic (exact) mass is 282 g/mol. The van der Waals surface area contributed by atoms with Crippen molar-refractivity contribution in [2.75, 3.05) is 6.54 Å². The summed E-state index contributed by atoms with van der Waals surface area (Å²) >= 11 is 0. The molecule has 1 aliphatic rings. The zero-order valence-corrected chi connectivity index (χ0v) is 12.3. The molecule has 3 rings (SSSR count). The highest BCUT2D eigenvalue weighted by Gasteiger charge is 2.28. The van der Waals surface area contributed by atoms with Crippen molar-refractivity contribution in [3.8, 4) is 5.75 Å². The highest BCUT2D eigenvalue weighted by atomic mass is 16.3. The first-order valence-corrected chi connectivity index (χ1v) is 7.72. The molecule has 0 unspecified atom stereocenters. The van der Waals surface area contributed by atoms with Gasteiger partial charge in [0.1, 0.15) is 5.75 Å². The number of hydrogen-bond donors (Lipinski definition) is 1. The predicted octanol–water partition coefficient (Wildman–Crippen LogP) is 3.38. The molecule has 1 aromatic heterocycles. The smallest absolute Gasteiger partial charge is 0.115 e. The van der Waals surface area contributed by atoms with Crippen LogP contribution in [0.2, 0.25) is 0 Å². The molecule has 3 nitrogen and oxygen atoms in total. The lowest BCUT2D eigenvalue weighted by Crippen LogP contribution is -2.27. The summed E-state index contributed by atoms with van der Waals surface area (Å²) in [4.78, 5) is 6.71. The van der Waals surface area contributed by atoms with Crippen LogP contribution >= 0.6 is 0 Å². The van der Waals surface area contributed by atoms with E-state index in [1.807, 2.05) is 30.6 Å². The Balaban J connectivity index is 1.53. The van der Waals surface area contributed by atoms with E-state index < -0.39 is 0 Å². The molecule has 1 aromatic carbocycles. The molecule has 1 saturated carbocycles. The first kappa shape index (κ1) is 14.1. The molecule has 1 heterocycles. The number of aromatic hydroxyl groups is 1. The van der Waals surface area contributed by atoms with Gasteiger partial charge in [-0.25, -0.2) is 0 Å². The molecule has 1 aliphatic carbocycles.